The Morgan fingerprint density at radius 3 is 2.33 bits per heavy atom. The van der Waals surface area contributed by atoms with Crippen LogP contribution in [0.5, 0.6) is 0 Å². The maximum Gasteiger partial charge on any atom is 0.258 e. The summed E-state index contributed by atoms with van der Waals surface area (Å²) in [6.45, 7) is 0. The molecule has 0 spiro atoms. The first-order valence-electron chi connectivity index (χ1n) is 7.11. The smallest absolute Gasteiger partial charge is 0.258 e. The molecule has 0 bridgehead atoms. The van der Waals surface area contributed by atoms with Crippen molar-refractivity contribution in [3.63, 3.8) is 0 Å². The zero-order valence-corrected chi connectivity index (χ0v) is 16.4. The van der Waals surface area contributed by atoms with Crippen LogP contribution in [0.3, 0.4) is 0 Å². The van der Waals surface area contributed by atoms with Crippen molar-refractivity contribution in [2.45, 2.75) is 6.04 Å². The lowest BCUT2D eigenvalue weighted by molar-refractivity contribution is 0.0983. The lowest BCUT2D eigenvalue weighted by atomic mass is 10.1. The Morgan fingerprint density at radius 2 is 1.75 bits per heavy atom. The first kappa shape index (κ1) is 17.4. The SMILES string of the molecule is O=C(c1cccc(Br)c1)N(c1ccc(Br)cc1)[C@H]1C=CS(=O)(=O)C1. The highest BCUT2D eigenvalue weighted by Gasteiger charge is 2.32. The van der Waals surface area contributed by atoms with Crippen molar-refractivity contribution in [3.05, 3.63) is 74.5 Å². The molecule has 0 aliphatic carbocycles. The van der Waals surface area contributed by atoms with Crippen LogP contribution in [0.2, 0.25) is 0 Å². The first-order chi connectivity index (χ1) is 11.4. The van der Waals surface area contributed by atoms with Crippen LogP contribution in [0, 0.1) is 0 Å². The van der Waals surface area contributed by atoms with Gasteiger partial charge in [-0.1, -0.05) is 37.9 Å². The van der Waals surface area contributed by atoms with Gasteiger partial charge >= 0.3 is 0 Å². The van der Waals surface area contributed by atoms with Crippen molar-refractivity contribution < 1.29 is 13.2 Å². The number of nitrogens with zero attached hydrogens (tertiary/aromatic N) is 1. The average molecular weight is 471 g/mol. The highest BCUT2D eigenvalue weighted by molar-refractivity contribution is 9.10. The molecular weight excluding hydrogens is 458 g/mol. The van der Waals surface area contributed by atoms with Crippen LogP contribution in [-0.2, 0) is 9.84 Å². The van der Waals surface area contributed by atoms with Gasteiger partial charge in [0.05, 0.1) is 11.8 Å². The molecule has 3 rings (SSSR count). The number of carbonyl (C=O) groups excluding carboxylic acids is 1. The molecule has 2 aromatic carbocycles. The number of anilines is 1. The van der Waals surface area contributed by atoms with Gasteiger partial charge in [-0.05, 0) is 48.5 Å². The minimum absolute atomic E-state index is 0.108. The fraction of sp³-hybridized carbons (Fsp3) is 0.118. The summed E-state index contributed by atoms with van der Waals surface area (Å²) in [6.07, 6.45) is 1.56. The molecule has 0 unspecified atom stereocenters. The van der Waals surface area contributed by atoms with Gasteiger partial charge < -0.3 is 4.90 Å². The van der Waals surface area contributed by atoms with Gasteiger partial charge in [0.15, 0.2) is 9.84 Å². The summed E-state index contributed by atoms with van der Waals surface area (Å²) >= 11 is 6.73. The minimum atomic E-state index is -3.27. The van der Waals surface area contributed by atoms with E-state index >= 15 is 0 Å². The van der Waals surface area contributed by atoms with Crippen LogP contribution in [0.4, 0.5) is 5.69 Å². The van der Waals surface area contributed by atoms with Crippen LogP contribution in [0.1, 0.15) is 10.4 Å². The average Bonchev–Trinajstić information content (AvgIpc) is 2.89. The zero-order valence-electron chi connectivity index (χ0n) is 12.4. The van der Waals surface area contributed by atoms with E-state index in [1.54, 1.807) is 36.4 Å². The molecule has 0 saturated heterocycles. The van der Waals surface area contributed by atoms with E-state index in [1.807, 2.05) is 18.2 Å². The molecule has 0 fully saturated rings. The third-order valence-electron chi connectivity index (χ3n) is 3.64. The lowest BCUT2D eigenvalue weighted by Gasteiger charge is -2.28. The van der Waals surface area contributed by atoms with Crippen LogP contribution in [0.15, 0.2) is 69.0 Å². The van der Waals surface area contributed by atoms with Crippen molar-refractivity contribution in [3.8, 4) is 0 Å². The normalized spacial score (nSPS) is 18.5. The highest BCUT2D eigenvalue weighted by Crippen LogP contribution is 2.27. The monoisotopic (exact) mass is 469 g/mol. The number of hydrogen-bond donors (Lipinski definition) is 0. The molecule has 1 aliphatic rings. The van der Waals surface area contributed by atoms with E-state index in [0.717, 1.165) is 8.95 Å². The summed E-state index contributed by atoms with van der Waals surface area (Å²) < 4.78 is 25.3. The maximum absolute atomic E-state index is 13.0. The van der Waals surface area contributed by atoms with Gasteiger partial charge in [0.1, 0.15) is 0 Å². The van der Waals surface area contributed by atoms with E-state index in [1.165, 1.54) is 10.3 Å². The van der Waals surface area contributed by atoms with Crippen molar-refractivity contribution in [2.24, 2.45) is 0 Å². The fourth-order valence-electron chi connectivity index (χ4n) is 2.54. The molecule has 7 heteroatoms. The molecule has 1 amide bonds. The van der Waals surface area contributed by atoms with Crippen LogP contribution < -0.4 is 4.90 Å². The van der Waals surface area contributed by atoms with Crippen molar-refractivity contribution in [1.82, 2.24) is 0 Å². The van der Waals surface area contributed by atoms with E-state index < -0.39 is 15.9 Å². The molecule has 0 N–H and O–H groups in total. The van der Waals surface area contributed by atoms with Gasteiger partial charge in [-0.25, -0.2) is 8.42 Å². The molecule has 4 nitrogen and oxygen atoms in total. The molecule has 0 radical (unpaired) electrons. The van der Waals surface area contributed by atoms with Gasteiger partial charge in [0.25, 0.3) is 5.91 Å². The van der Waals surface area contributed by atoms with Crippen molar-refractivity contribution in [1.29, 1.82) is 0 Å². The Kier molecular flexibility index (Phi) is 4.94. The lowest BCUT2D eigenvalue weighted by Crippen LogP contribution is -2.41. The number of sulfone groups is 1. The van der Waals surface area contributed by atoms with Gasteiger partial charge in [0, 0.05) is 25.6 Å². The van der Waals surface area contributed by atoms with Gasteiger partial charge in [0.2, 0.25) is 0 Å². The maximum atomic E-state index is 13.0. The van der Waals surface area contributed by atoms with E-state index in [0.29, 0.717) is 11.3 Å². The second kappa shape index (κ2) is 6.82. The van der Waals surface area contributed by atoms with Crippen LogP contribution in [-0.4, -0.2) is 26.1 Å². The number of amides is 1. The summed E-state index contributed by atoms with van der Waals surface area (Å²) in [6, 6.07) is 13.7. The zero-order chi connectivity index (χ0) is 17.3. The first-order valence-corrected chi connectivity index (χ1v) is 10.4. The number of halogens is 2. The van der Waals surface area contributed by atoms with Gasteiger partial charge in [-0.2, -0.15) is 0 Å². The Hall–Kier alpha value is -1.44. The van der Waals surface area contributed by atoms with Gasteiger partial charge in [-0.15, -0.1) is 0 Å². The summed E-state index contributed by atoms with van der Waals surface area (Å²) in [5.41, 5.74) is 1.14. The van der Waals surface area contributed by atoms with Crippen LogP contribution in [0.25, 0.3) is 0 Å². The molecule has 1 aliphatic heterocycles. The summed E-state index contributed by atoms with van der Waals surface area (Å²) in [7, 11) is -3.27. The van der Waals surface area contributed by atoms with E-state index in [9.17, 15) is 13.2 Å². The van der Waals surface area contributed by atoms with E-state index in [2.05, 4.69) is 31.9 Å². The molecule has 1 atom stereocenters. The molecule has 0 aromatic heterocycles. The molecule has 2 aromatic rings. The predicted molar refractivity (Wildman–Crippen MR) is 102 cm³/mol. The Morgan fingerprint density at radius 1 is 1.04 bits per heavy atom. The number of carbonyl (C=O) groups is 1. The number of hydrogen-bond acceptors (Lipinski definition) is 3. The summed E-state index contributed by atoms with van der Waals surface area (Å²) in [4.78, 5) is 14.6. The number of benzene rings is 2. The summed E-state index contributed by atoms with van der Waals surface area (Å²) in [5, 5.41) is 1.18. The summed E-state index contributed by atoms with van der Waals surface area (Å²) in [5.74, 6) is -0.353. The topological polar surface area (TPSA) is 54.5 Å². The second-order valence-corrected chi connectivity index (χ2v) is 9.15. The van der Waals surface area contributed by atoms with Crippen molar-refractivity contribution >= 4 is 53.3 Å². The Bertz CT molecular complexity index is 908. The molecule has 124 valence electrons. The fourth-order valence-corrected chi connectivity index (χ4v) is 4.47. The quantitative estimate of drug-likeness (QED) is 0.676. The Balaban J connectivity index is 2.03. The highest BCUT2D eigenvalue weighted by atomic mass is 79.9. The minimum Gasteiger partial charge on any atom is -0.300 e. The van der Waals surface area contributed by atoms with Crippen molar-refractivity contribution in [2.75, 3.05) is 10.7 Å². The molecule has 1 heterocycles. The standard InChI is InChI=1S/C17H13Br2NO3S/c18-13-4-6-15(7-5-13)20(16-8-9-24(22,23)11-16)17(21)12-2-1-3-14(19)10-12/h1-10,16H,11H2/t16-/m0/s1. The second-order valence-electron chi connectivity index (χ2n) is 5.39. The van der Waals surface area contributed by atoms with E-state index in [-0.39, 0.29) is 11.7 Å². The number of rotatable bonds is 3. The third-order valence-corrected chi connectivity index (χ3v) is 6.04. The molecule has 24 heavy (non-hydrogen) atoms. The molecular formula is C17H13Br2NO3S. The van der Waals surface area contributed by atoms with Gasteiger partial charge in [-0.3, -0.25) is 4.79 Å². The molecule has 0 saturated carbocycles. The third kappa shape index (κ3) is 3.79. The predicted octanol–water partition coefficient (Wildman–Crippen LogP) is 4.17. The Labute approximate surface area is 157 Å². The van der Waals surface area contributed by atoms with Crippen LogP contribution >= 0.6 is 31.9 Å². The van der Waals surface area contributed by atoms with E-state index in [4.69, 9.17) is 0 Å². The largest absolute Gasteiger partial charge is 0.300 e.